The molecule has 6 heteroatoms. The number of carbonyl (C=O) groups excluding carboxylic acids is 1. The maximum absolute atomic E-state index is 12.8. The van der Waals surface area contributed by atoms with Crippen molar-refractivity contribution in [2.45, 2.75) is 24.8 Å². The molecule has 0 atom stereocenters. The molecule has 4 rings (SSSR count). The first-order valence-electron chi connectivity index (χ1n) is 8.69. The summed E-state index contributed by atoms with van der Waals surface area (Å²) in [6.45, 7) is 0.899. The number of fused-ring (bicyclic) bond motifs is 3. The van der Waals surface area contributed by atoms with Crippen molar-refractivity contribution in [2.24, 2.45) is 0 Å². The van der Waals surface area contributed by atoms with Gasteiger partial charge in [-0.05, 0) is 35.7 Å². The van der Waals surface area contributed by atoms with E-state index in [1.165, 1.54) is 0 Å². The number of carbonyl (C=O) groups is 2. The molecule has 2 heterocycles. The second kappa shape index (κ2) is 6.46. The molecule has 0 radical (unpaired) electrons. The van der Waals surface area contributed by atoms with Crippen molar-refractivity contribution in [1.29, 1.82) is 0 Å². The SMILES string of the molecule is O=C(O)CC1(NC(=O)c2cc3c(ccc4ccccc43)[nH]2)CCOCC1. The molecule has 1 aliphatic rings. The van der Waals surface area contributed by atoms with E-state index in [-0.39, 0.29) is 12.3 Å². The van der Waals surface area contributed by atoms with Crippen LogP contribution >= 0.6 is 0 Å². The molecular weight excluding hydrogens is 332 g/mol. The molecule has 0 saturated carbocycles. The highest BCUT2D eigenvalue weighted by Crippen LogP contribution is 2.28. The van der Waals surface area contributed by atoms with Gasteiger partial charge in [0.2, 0.25) is 0 Å². The van der Waals surface area contributed by atoms with Gasteiger partial charge in [0.05, 0.1) is 12.0 Å². The number of nitrogens with one attached hydrogen (secondary N) is 2. The minimum atomic E-state index is -0.921. The van der Waals surface area contributed by atoms with Crippen LogP contribution in [0, 0.1) is 0 Å². The van der Waals surface area contributed by atoms with Crippen molar-refractivity contribution in [3.63, 3.8) is 0 Å². The van der Waals surface area contributed by atoms with Crippen LogP contribution in [0.15, 0.2) is 42.5 Å². The number of aromatic nitrogens is 1. The molecule has 3 N–H and O–H groups in total. The van der Waals surface area contributed by atoms with Crippen LogP contribution in [0.1, 0.15) is 29.8 Å². The van der Waals surface area contributed by atoms with Crippen molar-refractivity contribution in [1.82, 2.24) is 10.3 Å². The van der Waals surface area contributed by atoms with Gasteiger partial charge in [-0.3, -0.25) is 9.59 Å². The quantitative estimate of drug-likeness (QED) is 0.673. The number of ether oxygens (including phenoxy) is 1. The smallest absolute Gasteiger partial charge is 0.305 e. The third kappa shape index (κ3) is 3.04. The summed E-state index contributed by atoms with van der Waals surface area (Å²) in [6.07, 6.45) is 0.883. The van der Waals surface area contributed by atoms with E-state index in [1.54, 1.807) is 0 Å². The molecule has 1 saturated heterocycles. The van der Waals surface area contributed by atoms with Gasteiger partial charge < -0.3 is 20.1 Å². The van der Waals surface area contributed by atoms with Gasteiger partial charge in [0.25, 0.3) is 5.91 Å². The maximum atomic E-state index is 12.8. The van der Waals surface area contributed by atoms with Gasteiger partial charge in [-0.25, -0.2) is 0 Å². The molecule has 1 aliphatic heterocycles. The third-order valence-corrected chi connectivity index (χ3v) is 5.09. The lowest BCUT2D eigenvalue weighted by molar-refractivity contribution is -0.139. The Balaban J connectivity index is 1.67. The molecule has 0 aliphatic carbocycles. The van der Waals surface area contributed by atoms with Crippen LogP contribution in [0.3, 0.4) is 0 Å². The predicted molar refractivity (Wildman–Crippen MR) is 98.3 cm³/mol. The van der Waals surface area contributed by atoms with Gasteiger partial charge in [-0.2, -0.15) is 0 Å². The average molecular weight is 352 g/mol. The third-order valence-electron chi connectivity index (χ3n) is 5.09. The van der Waals surface area contributed by atoms with Crippen LogP contribution in [0.25, 0.3) is 21.7 Å². The Kier molecular flexibility index (Phi) is 4.12. The first kappa shape index (κ1) is 16.6. The van der Waals surface area contributed by atoms with Crippen molar-refractivity contribution in [3.05, 3.63) is 48.2 Å². The highest BCUT2D eigenvalue weighted by molar-refractivity contribution is 6.09. The number of amides is 1. The summed E-state index contributed by atoms with van der Waals surface area (Å²) in [5.74, 6) is -1.21. The summed E-state index contributed by atoms with van der Waals surface area (Å²) < 4.78 is 5.34. The molecule has 1 amide bonds. The lowest BCUT2D eigenvalue weighted by Crippen LogP contribution is -2.53. The molecule has 2 aromatic carbocycles. The topological polar surface area (TPSA) is 91.4 Å². The van der Waals surface area contributed by atoms with E-state index < -0.39 is 11.5 Å². The number of rotatable bonds is 4. The van der Waals surface area contributed by atoms with Crippen LogP contribution in [0.5, 0.6) is 0 Å². The number of H-pyrrole nitrogens is 1. The first-order valence-corrected chi connectivity index (χ1v) is 8.69. The summed E-state index contributed by atoms with van der Waals surface area (Å²) in [6, 6.07) is 13.8. The fraction of sp³-hybridized carbons (Fsp3) is 0.300. The zero-order valence-electron chi connectivity index (χ0n) is 14.2. The summed E-state index contributed by atoms with van der Waals surface area (Å²) >= 11 is 0. The maximum Gasteiger partial charge on any atom is 0.305 e. The number of hydrogen-bond donors (Lipinski definition) is 3. The van der Waals surface area contributed by atoms with Crippen LogP contribution in [0.2, 0.25) is 0 Å². The Labute approximate surface area is 150 Å². The fourth-order valence-corrected chi connectivity index (χ4v) is 3.71. The average Bonchev–Trinajstić information content (AvgIpc) is 3.06. The molecule has 1 aromatic heterocycles. The van der Waals surface area contributed by atoms with E-state index in [4.69, 9.17) is 4.74 Å². The van der Waals surface area contributed by atoms with E-state index in [1.807, 2.05) is 42.5 Å². The molecule has 6 nitrogen and oxygen atoms in total. The van der Waals surface area contributed by atoms with E-state index in [9.17, 15) is 14.7 Å². The number of carboxylic acid groups (broad SMARTS) is 1. The lowest BCUT2D eigenvalue weighted by Gasteiger charge is -2.36. The summed E-state index contributed by atoms with van der Waals surface area (Å²) in [5, 5.41) is 15.4. The van der Waals surface area contributed by atoms with Crippen molar-refractivity contribution in [2.75, 3.05) is 13.2 Å². The fourth-order valence-electron chi connectivity index (χ4n) is 3.71. The van der Waals surface area contributed by atoms with Crippen LogP contribution in [-0.2, 0) is 9.53 Å². The van der Waals surface area contributed by atoms with Gasteiger partial charge in [0.1, 0.15) is 5.69 Å². The second-order valence-electron chi connectivity index (χ2n) is 6.85. The Hall–Kier alpha value is -2.86. The molecule has 134 valence electrons. The summed E-state index contributed by atoms with van der Waals surface area (Å²) in [5.41, 5.74) is 0.557. The zero-order valence-corrected chi connectivity index (χ0v) is 14.2. The lowest BCUT2D eigenvalue weighted by atomic mass is 9.86. The molecule has 26 heavy (non-hydrogen) atoms. The Bertz CT molecular complexity index is 986. The van der Waals surface area contributed by atoms with E-state index in [0.29, 0.717) is 31.7 Å². The van der Waals surface area contributed by atoms with E-state index >= 15 is 0 Å². The monoisotopic (exact) mass is 352 g/mol. The van der Waals surface area contributed by atoms with Crippen LogP contribution in [-0.4, -0.2) is 40.7 Å². The number of aromatic amines is 1. The second-order valence-corrected chi connectivity index (χ2v) is 6.85. The minimum absolute atomic E-state index is 0.106. The molecule has 0 spiro atoms. The molecular formula is C20H20N2O4. The van der Waals surface area contributed by atoms with Crippen LogP contribution < -0.4 is 5.32 Å². The van der Waals surface area contributed by atoms with Gasteiger partial charge >= 0.3 is 5.97 Å². The first-order chi connectivity index (χ1) is 12.6. The minimum Gasteiger partial charge on any atom is -0.481 e. The summed E-state index contributed by atoms with van der Waals surface area (Å²) in [7, 11) is 0. The molecule has 3 aromatic rings. The van der Waals surface area contributed by atoms with Crippen molar-refractivity contribution >= 4 is 33.6 Å². The highest BCUT2D eigenvalue weighted by atomic mass is 16.5. The summed E-state index contributed by atoms with van der Waals surface area (Å²) in [4.78, 5) is 27.3. The number of carboxylic acids is 1. The van der Waals surface area contributed by atoms with Gasteiger partial charge in [0.15, 0.2) is 0 Å². The number of benzene rings is 2. The van der Waals surface area contributed by atoms with Crippen LogP contribution in [0.4, 0.5) is 0 Å². The van der Waals surface area contributed by atoms with Crippen molar-refractivity contribution < 1.29 is 19.4 Å². The largest absolute Gasteiger partial charge is 0.481 e. The van der Waals surface area contributed by atoms with Gasteiger partial charge in [-0.1, -0.05) is 30.3 Å². The number of aliphatic carboxylic acids is 1. The van der Waals surface area contributed by atoms with E-state index in [0.717, 1.165) is 21.7 Å². The van der Waals surface area contributed by atoms with Crippen molar-refractivity contribution in [3.8, 4) is 0 Å². The highest BCUT2D eigenvalue weighted by Gasteiger charge is 2.36. The molecule has 1 fully saturated rings. The normalized spacial score (nSPS) is 16.6. The molecule has 0 bridgehead atoms. The molecule has 0 unspecified atom stereocenters. The zero-order chi connectivity index (χ0) is 18.1. The van der Waals surface area contributed by atoms with Gasteiger partial charge in [0, 0.05) is 24.1 Å². The van der Waals surface area contributed by atoms with E-state index in [2.05, 4.69) is 10.3 Å². The van der Waals surface area contributed by atoms with Gasteiger partial charge in [-0.15, -0.1) is 0 Å². The standard InChI is InChI=1S/C20H20N2O4/c23-18(24)12-20(7-9-26-10-8-20)22-19(25)17-11-15-14-4-2-1-3-13(14)5-6-16(15)21-17/h1-6,11,21H,7-10,12H2,(H,22,25)(H,23,24). The predicted octanol–water partition coefficient (Wildman–Crippen LogP) is 3.07. The number of hydrogen-bond acceptors (Lipinski definition) is 3. The Morgan fingerprint density at radius 3 is 2.65 bits per heavy atom. The Morgan fingerprint density at radius 1 is 1.12 bits per heavy atom. The Morgan fingerprint density at radius 2 is 1.88 bits per heavy atom.